The molecule has 0 aliphatic heterocycles. The molecule has 0 atom stereocenters. The van der Waals surface area contributed by atoms with E-state index < -0.39 is 0 Å². The molecule has 0 aliphatic rings. The summed E-state index contributed by atoms with van der Waals surface area (Å²) in [5.74, 6) is 0.771. The predicted octanol–water partition coefficient (Wildman–Crippen LogP) is 3.33. The Kier molecular flexibility index (Phi) is 3.63. The van der Waals surface area contributed by atoms with Crippen LogP contribution in [-0.4, -0.2) is 16.1 Å². The summed E-state index contributed by atoms with van der Waals surface area (Å²) in [6.07, 6.45) is 7.80. The Morgan fingerprint density at radius 2 is 2.39 bits per heavy atom. The number of ether oxygens (including phenoxy) is 1. The third kappa shape index (κ3) is 2.69. The van der Waals surface area contributed by atoms with E-state index in [1.165, 1.54) is 6.20 Å². The topological polar surface area (TPSA) is 42.3 Å². The summed E-state index contributed by atoms with van der Waals surface area (Å²) in [5, 5.41) is 1.04. The Morgan fingerprint density at radius 3 is 3.11 bits per heavy atom. The fourth-order valence-electron chi connectivity index (χ4n) is 1.78. The second-order valence-electron chi connectivity index (χ2n) is 4.27. The van der Waals surface area contributed by atoms with Gasteiger partial charge in [0.05, 0.1) is 18.9 Å². The highest BCUT2D eigenvalue weighted by Crippen LogP contribution is 2.22. The van der Waals surface area contributed by atoms with Crippen molar-refractivity contribution in [2.24, 2.45) is 0 Å². The summed E-state index contributed by atoms with van der Waals surface area (Å²) in [7, 11) is 0. The normalized spacial score (nSPS) is 11.2. The molecule has 0 saturated carbocycles. The van der Waals surface area contributed by atoms with Crippen LogP contribution in [0.4, 0.5) is 0 Å². The number of nitrogens with one attached hydrogen (secondary N) is 1. The van der Waals surface area contributed by atoms with Gasteiger partial charge in [0.2, 0.25) is 0 Å². The summed E-state index contributed by atoms with van der Waals surface area (Å²) in [5.41, 5.74) is 1.96. The van der Waals surface area contributed by atoms with Crippen LogP contribution in [0.3, 0.4) is 0 Å². The van der Waals surface area contributed by atoms with E-state index in [1.807, 2.05) is 32.2 Å². The Labute approximate surface area is 106 Å². The molecule has 0 saturated heterocycles. The van der Waals surface area contributed by atoms with Gasteiger partial charge in [-0.05, 0) is 31.9 Å². The van der Waals surface area contributed by atoms with Gasteiger partial charge in [-0.2, -0.15) is 0 Å². The fraction of sp³-hybridized carbons (Fsp3) is 0.286. The number of fused-ring (bicyclic) bond motifs is 1. The van der Waals surface area contributed by atoms with E-state index in [0.29, 0.717) is 0 Å². The molecule has 0 aromatic carbocycles. The Bertz CT molecular complexity index is 605. The van der Waals surface area contributed by atoms with Crippen molar-refractivity contribution in [3.8, 4) is 5.75 Å². The van der Waals surface area contributed by atoms with Crippen LogP contribution in [0.2, 0.25) is 0 Å². The van der Waals surface area contributed by atoms with E-state index in [0.717, 1.165) is 28.8 Å². The van der Waals surface area contributed by atoms with Crippen LogP contribution in [0.25, 0.3) is 15.9 Å². The van der Waals surface area contributed by atoms with Gasteiger partial charge < -0.3 is 9.72 Å². The van der Waals surface area contributed by atoms with Crippen molar-refractivity contribution < 1.29 is 4.74 Å². The molecule has 18 heavy (non-hydrogen) atoms. The van der Waals surface area contributed by atoms with Crippen molar-refractivity contribution in [2.45, 2.75) is 26.4 Å². The number of aromatic nitrogens is 2. The molecular formula is C14H15N3O. The lowest BCUT2D eigenvalue weighted by Gasteiger charge is -2.08. The van der Waals surface area contributed by atoms with Crippen LogP contribution in [-0.2, 0) is 6.42 Å². The Hall–Kier alpha value is -2.28. The minimum Gasteiger partial charge on any atom is -0.489 e. The SMILES string of the molecule is [C-]#[N+]/C=C\Cc1c[nH]c2ncc(OC(C)C)cc12. The standard InChI is InChI=1S/C14H15N3O/c1-10(2)18-12-7-13-11(5-4-6-15-3)8-16-14(13)17-9-12/h4,6-10H,5H2,1-2H3,(H,16,17)/b6-4-. The van der Waals surface area contributed by atoms with Crippen LogP contribution in [0.1, 0.15) is 19.4 Å². The maximum Gasteiger partial charge on any atom is 0.150 e. The maximum atomic E-state index is 6.70. The first-order chi connectivity index (χ1) is 8.70. The smallest absolute Gasteiger partial charge is 0.150 e. The van der Waals surface area contributed by atoms with E-state index in [1.54, 1.807) is 6.20 Å². The second kappa shape index (κ2) is 5.37. The van der Waals surface area contributed by atoms with E-state index >= 15 is 0 Å². The van der Waals surface area contributed by atoms with Crippen LogP contribution in [0, 0.1) is 6.57 Å². The van der Waals surface area contributed by atoms with Crippen LogP contribution < -0.4 is 4.74 Å². The third-order valence-corrected chi connectivity index (χ3v) is 2.48. The van der Waals surface area contributed by atoms with Gasteiger partial charge in [-0.1, -0.05) is 6.08 Å². The van der Waals surface area contributed by atoms with Crippen molar-refractivity contribution in [2.75, 3.05) is 0 Å². The zero-order valence-corrected chi connectivity index (χ0v) is 10.5. The van der Waals surface area contributed by atoms with E-state index in [2.05, 4.69) is 14.8 Å². The van der Waals surface area contributed by atoms with Crippen LogP contribution in [0.5, 0.6) is 5.75 Å². The van der Waals surface area contributed by atoms with Gasteiger partial charge in [-0.15, -0.1) is 0 Å². The number of allylic oxidation sites excluding steroid dienone is 1. The monoisotopic (exact) mass is 241 g/mol. The number of pyridine rings is 1. The molecule has 92 valence electrons. The predicted molar refractivity (Wildman–Crippen MR) is 71.3 cm³/mol. The van der Waals surface area contributed by atoms with E-state index in [-0.39, 0.29) is 6.10 Å². The van der Waals surface area contributed by atoms with Crippen molar-refractivity contribution in [3.05, 3.63) is 47.7 Å². The van der Waals surface area contributed by atoms with Crippen molar-refractivity contribution >= 4 is 11.0 Å². The number of nitrogens with zero attached hydrogens (tertiary/aromatic N) is 2. The van der Waals surface area contributed by atoms with Gasteiger partial charge in [0.1, 0.15) is 11.4 Å². The molecule has 0 fully saturated rings. The van der Waals surface area contributed by atoms with Gasteiger partial charge in [0, 0.05) is 11.6 Å². The number of rotatable bonds is 4. The quantitative estimate of drug-likeness (QED) is 0.834. The molecule has 4 nitrogen and oxygen atoms in total. The van der Waals surface area contributed by atoms with Gasteiger partial charge in [-0.25, -0.2) is 9.83 Å². The van der Waals surface area contributed by atoms with E-state index in [9.17, 15) is 0 Å². The molecule has 4 heteroatoms. The van der Waals surface area contributed by atoms with Gasteiger partial charge >= 0.3 is 0 Å². The lowest BCUT2D eigenvalue weighted by atomic mass is 10.1. The number of hydrogen-bond acceptors (Lipinski definition) is 2. The highest BCUT2D eigenvalue weighted by molar-refractivity contribution is 5.81. The molecule has 0 unspecified atom stereocenters. The Balaban J connectivity index is 2.31. The lowest BCUT2D eigenvalue weighted by molar-refractivity contribution is 0.242. The van der Waals surface area contributed by atoms with Crippen LogP contribution in [0.15, 0.2) is 30.7 Å². The zero-order valence-electron chi connectivity index (χ0n) is 10.5. The third-order valence-electron chi connectivity index (χ3n) is 2.48. The highest BCUT2D eigenvalue weighted by Gasteiger charge is 2.06. The molecule has 0 radical (unpaired) electrons. The first-order valence-electron chi connectivity index (χ1n) is 5.85. The summed E-state index contributed by atoms with van der Waals surface area (Å²) >= 11 is 0. The number of hydrogen-bond donors (Lipinski definition) is 1. The molecule has 0 bridgehead atoms. The van der Waals surface area contributed by atoms with Gasteiger partial charge in [-0.3, -0.25) is 0 Å². The van der Waals surface area contributed by atoms with Crippen molar-refractivity contribution in [1.82, 2.24) is 9.97 Å². The first kappa shape index (κ1) is 12.2. The molecular weight excluding hydrogens is 226 g/mol. The first-order valence-corrected chi connectivity index (χ1v) is 5.85. The lowest BCUT2D eigenvalue weighted by Crippen LogP contribution is -2.05. The largest absolute Gasteiger partial charge is 0.489 e. The summed E-state index contributed by atoms with van der Waals surface area (Å²) in [4.78, 5) is 10.6. The highest BCUT2D eigenvalue weighted by atomic mass is 16.5. The molecule has 0 spiro atoms. The Morgan fingerprint density at radius 1 is 1.56 bits per heavy atom. The minimum atomic E-state index is 0.133. The average Bonchev–Trinajstić information content (AvgIpc) is 2.72. The molecule has 0 amide bonds. The van der Waals surface area contributed by atoms with Gasteiger partial charge in [0.25, 0.3) is 0 Å². The molecule has 2 aromatic heterocycles. The summed E-state index contributed by atoms with van der Waals surface area (Å²) < 4.78 is 5.63. The van der Waals surface area contributed by atoms with E-state index in [4.69, 9.17) is 11.3 Å². The molecule has 2 rings (SSSR count). The van der Waals surface area contributed by atoms with Crippen molar-refractivity contribution in [3.63, 3.8) is 0 Å². The van der Waals surface area contributed by atoms with Crippen molar-refractivity contribution in [1.29, 1.82) is 0 Å². The minimum absolute atomic E-state index is 0.133. The number of H-pyrrole nitrogens is 1. The number of aromatic amines is 1. The maximum absolute atomic E-state index is 6.70. The second-order valence-corrected chi connectivity index (χ2v) is 4.27. The zero-order chi connectivity index (χ0) is 13.0. The fourth-order valence-corrected chi connectivity index (χ4v) is 1.78. The molecule has 1 N–H and O–H groups in total. The van der Waals surface area contributed by atoms with Gasteiger partial charge in [0.15, 0.2) is 6.20 Å². The molecule has 0 aliphatic carbocycles. The molecule has 2 aromatic rings. The average molecular weight is 241 g/mol. The van der Waals surface area contributed by atoms with Crippen LogP contribution >= 0.6 is 0 Å². The molecule has 2 heterocycles. The summed E-state index contributed by atoms with van der Waals surface area (Å²) in [6.45, 7) is 10.7. The summed E-state index contributed by atoms with van der Waals surface area (Å²) in [6, 6.07) is 1.99.